The van der Waals surface area contributed by atoms with Gasteiger partial charge in [-0.15, -0.1) is 37.2 Å². The first-order valence-electron chi connectivity index (χ1n) is 40.8. The zero-order valence-electron chi connectivity index (χ0n) is 78.3. The van der Waals surface area contributed by atoms with Gasteiger partial charge in [-0.3, -0.25) is 0 Å². The molecule has 12 aromatic heterocycles. The molecule has 19 rings (SSSR count). The van der Waals surface area contributed by atoms with Crippen molar-refractivity contribution in [1.29, 1.82) is 0 Å². The maximum absolute atomic E-state index is 12.2. The topological polar surface area (TPSA) is 449 Å². The van der Waals surface area contributed by atoms with E-state index in [4.69, 9.17) is 40.0 Å². The Labute approximate surface area is 993 Å². The van der Waals surface area contributed by atoms with Crippen LogP contribution < -0.4 is 62.6 Å². The molecule has 6 radical (unpaired) electrons. The number of hydrogen-bond donors (Lipinski definition) is 0. The molecule has 1 saturated carbocycles. The molecule has 0 N–H and O–H groups in total. The van der Waals surface area contributed by atoms with Crippen molar-refractivity contribution < 1.29 is 225 Å². The summed E-state index contributed by atoms with van der Waals surface area (Å²) < 4.78 is 49.8. The van der Waals surface area contributed by atoms with E-state index in [0.717, 1.165) is 108 Å². The Kier molecular flexibility index (Phi) is 47.1. The number of tetrazole rings is 6. The van der Waals surface area contributed by atoms with Crippen LogP contribution in [0.3, 0.4) is 0 Å². The van der Waals surface area contributed by atoms with Crippen molar-refractivity contribution in [1.82, 2.24) is 149 Å². The molecule has 0 saturated heterocycles. The Morgan fingerprint density at radius 2 is 0.546 bits per heavy atom. The Morgan fingerprint density at radius 3 is 0.823 bits per heavy atom. The van der Waals surface area contributed by atoms with E-state index in [-0.39, 0.29) is 244 Å². The molecule has 12 heterocycles. The molecule has 1 aliphatic carbocycles. The summed E-state index contributed by atoms with van der Waals surface area (Å²) in [6.07, 6.45) is 20.2. The Balaban J connectivity index is 0.000000205. The van der Waals surface area contributed by atoms with E-state index in [9.17, 15) is 28.8 Å². The first-order valence-corrected chi connectivity index (χ1v) is 46.8. The standard InChI is InChI=1S/C16H16N5O2S.C15H16N5O2S.2C14H14N5O2S.C13H11BrN5O2S.C13H11ClN5O2S.6Y/c1-10-8-17-15(24-10)23-9-13-12(11-6-7-11)4-3-5-14(13)21-16(22)20(2)18-19-21;1-4-11-6-5-7-13(20-15(21)19(3)17-18-20)12(11)9-22-14-16-8-10(2)23-14;2*1-9-5-4-6-12(19-14(20)18(3)16-17-19)11(9)8-21-13-15-7-10(2)22-13;2*1-8-6-15-12(22-8)21-7-9-10(14)4-3-5-11(9)19-13(20)18(2)16-17-19;;;;;;/h3-5,11H,6-7,9H2,1-2H3;5-7H,4,9H2,1-3H3;2*4-6H,8H2,1-3H3;2*3-5H,7H2,1-2H3;;;;;;/q6*-1;;;;;;. The average molecular weight is 2560 g/mol. The molecule has 0 spiro atoms. The van der Waals surface area contributed by atoms with Crippen LogP contribution in [-0.2, 0) is 285 Å². The summed E-state index contributed by atoms with van der Waals surface area (Å²) in [6.45, 7) is 19.1. The molecule has 18 aromatic rings. The van der Waals surface area contributed by atoms with E-state index in [1.54, 1.807) is 59.5 Å². The number of aromatic nitrogens is 30. The third-order valence-corrected chi connectivity index (χ3v) is 25.6. The largest absolute Gasteiger partial charge is 0.550 e. The van der Waals surface area contributed by atoms with Gasteiger partial charge in [0.1, 0.15) is 31.2 Å². The molecule has 1 fully saturated rings. The molecule has 6 aromatic carbocycles. The van der Waals surface area contributed by atoms with Crippen LogP contribution in [0.15, 0.2) is 142 Å². The number of benzene rings is 6. The summed E-state index contributed by atoms with van der Waals surface area (Å²) in [5, 5.41) is 49.6. The first kappa shape index (κ1) is 119. The number of nitrogens with zero attached hydrogens (tertiary/aromatic N) is 30. The molecule has 141 heavy (non-hydrogen) atoms. The van der Waals surface area contributed by atoms with Crippen LogP contribution in [0.4, 0.5) is 0 Å². The molecule has 0 unspecified atom stereocenters. The van der Waals surface area contributed by atoms with Gasteiger partial charge in [-0.1, -0.05) is 124 Å². The predicted octanol–water partition coefficient (Wildman–Crippen LogP) is 10.1. The van der Waals surface area contributed by atoms with Gasteiger partial charge in [0.05, 0.1) is 73.8 Å². The summed E-state index contributed by atoms with van der Waals surface area (Å²) in [7, 11) is 9.35. The zero-order valence-corrected chi connectivity index (χ0v) is 103. The normalized spacial score (nSPS) is 11.0. The van der Waals surface area contributed by atoms with Gasteiger partial charge in [0.2, 0.25) is 0 Å². The van der Waals surface area contributed by atoms with Gasteiger partial charge in [0.15, 0.2) is 0 Å². The van der Waals surface area contributed by atoms with Crippen LogP contribution in [0, 0.1) is 92.6 Å². The molecule has 0 atom stereocenters. The van der Waals surface area contributed by atoms with Crippen LogP contribution in [0.2, 0.25) is 5.02 Å². The smallest absolute Gasteiger partial charge is 0.368 e. The van der Waals surface area contributed by atoms with Crippen molar-refractivity contribution in [2.24, 2.45) is 42.3 Å². The third kappa shape index (κ3) is 30.6. The van der Waals surface area contributed by atoms with E-state index in [2.05, 4.69) is 159 Å². The van der Waals surface area contributed by atoms with Gasteiger partial charge in [0.25, 0.3) is 0 Å². The molecule has 0 aliphatic heterocycles. The summed E-state index contributed by atoms with van der Waals surface area (Å²) in [5.74, 6) is 0.528. The van der Waals surface area contributed by atoms with Gasteiger partial charge >= 0.3 is 34.1 Å². The minimum atomic E-state index is -0.359. The number of aryl methyl sites for hydroxylation is 15. The van der Waals surface area contributed by atoms with Gasteiger partial charge < -0.3 is 58.3 Å². The van der Waals surface area contributed by atoms with Gasteiger partial charge in [-0.05, 0) is 214 Å². The SMILES string of the molecule is CCc1cccc(-n2nnn(C)c2=O)c1COc1n[c-]c(C)s1.Cc1[c-]nc(OCc2c(Br)cccc2-n2nnn(C)c2=O)s1.Cc1[c-]nc(OCc2c(C)cccc2-n2nnn(C)c2=O)s1.Cc1[c-]nc(OCc2c(C)cccc2-n2nnn(C)c2=O)s1.Cc1[c-]nc(OCc2c(C3CC3)cccc2-n2nnn(C)c2=O)s1.Cc1[c-]nc(OCc2c(Cl)cccc2-n2nnn(C)c2=O)s1.[Y].[Y].[Y].[Y].[Y].[Y]. The maximum Gasteiger partial charge on any atom is 0.368 e. The second-order valence-electron chi connectivity index (χ2n) is 29.4. The Morgan fingerprint density at radius 1 is 0.312 bits per heavy atom. The molecular formula is C85H82BrClN30O12S6Y6-6. The predicted molar refractivity (Wildman–Crippen MR) is 503 cm³/mol. The molecule has 56 heteroatoms. The average Bonchev–Trinajstić information content (AvgIpc) is 1.63. The Hall–Kier alpha value is -7.49. The zero-order chi connectivity index (χ0) is 95.8. The van der Waals surface area contributed by atoms with E-state index in [1.807, 2.05) is 134 Å². The van der Waals surface area contributed by atoms with Crippen LogP contribution >= 0.6 is 95.6 Å². The van der Waals surface area contributed by atoms with Crippen LogP contribution in [0.5, 0.6) is 31.2 Å². The van der Waals surface area contributed by atoms with Gasteiger partial charge in [-0.25, -0.2) is 96.8 Å². The number of thiazole rings is 6. The Bertz CT molecular complexity index is 7010. The molecule has 1 aliphatic rings. The molecule has 42 nitrogen and oxygen atoms in total. The number of hydrogen-bond acceptors (Lipinski definition) is 36. The van der Waals surface area contributed by atoms with Crippen LogP contribution in [0.1, 0.15) is 111 Å². The van der Waals surface area contributed by atoms with Crippen molar-refractivity contribution in [3.05, 3.63) is 304 Å². The van der Waals surface area contributed by atoms with Crippen molar-refractivity contribution in [2.45, 2.75) is 127 Å². The van der Waals surface area contributed by atoms with E-state index >= 15 is 0 Å². The molecular weight excluding hydrogens is 2470 g/mol. The number of ether oxygens (including phenoxy) is 6. The quantitative estimate of drug-likeness (QED) is 0.0455. The van der Waals surface area contributed by atoms with Gasteiger partial charge in [0, 0.05) is 281 Å². The maximum atomic E-state index is 12.2. The number of rotatable bonds is 26. The minimum Gasteiger partial charge on any atom is -0.550 e. The third-order valence-electron chi connectivity index (χ3n) is 19.8. The molecule has 718 valence electrons. The summed E-state index contributed by atoms with van der Waals surface area (Å²) in [4.78, 5) is 103. The van der Waals surface area contributed by atoms with Crippen LogP contribution in [0.25, 0.3) is 34.1 Å². The van der Waals surface area contributed by atoms with Crippen molar-refractivity contribution in [3.63, 3.8) is 0 Å². The van der Waals surface area contributed by atoms with E-state index in [0.29, 0.717) is 103 Å². The first-order chi connectivity index (χ1) is 65.0. The fourth-order valence-electron chi connectivity index (χ4n) is 12.7. The molecule has 0 bridgehead atoms. The monoisotopic (exact) mass is 2550 g/mol. The fraction of sp³-hybridized carbons (Fsp3) is 0.294. The number of halogens is 2. The fourth-order valence-corrected chi connectivity index (χ4v) is 16.8. The van der Waals surface area contributed by atoms with Gasteiger partial charge in [-0.2, -0.15) is 56.2 Å². The minimum absolute atomic E-state index is 0. The van der Waals surface area contributed by atoms with Crippen LogP contribution in [-0.4, -0.2) is 149 Å². The second-order valence-corrected chi connectivity index (χ2v) is 37.7. The summed E-state index contributed by atoms with van der Waals surface area (Å²) >= 11 is 18.3. The molecule has 0 amide bonds. The van der Waals surface area contributed by atoms with Crippen molar-refractivity contribution in [2.75, 3.05) is 0 Å². The van der Waals surface area contributed by atoms with E-state index < -0.39 is 0 Å². The van der Waals surface area contributed by atoms with E-state index in [1.165, 1.54) is 132 Å². The summed E-state index contributed by atoms with van der Waals surface area (Å²) in [5.41, 5.74) is 11.4. The van der Waals surface area contributed by atoms with Crippen molar-refractivity contribution in [3.8, 4) is 65.3 Å². The summed E-state index contributed by atoms with van der Waals surface area (Å²) in [6, 6.07) is 33.7. The second kappa shape index (κ2) is 55.9. The van der Waals surface area contributed by atoms with Crippen molar-refractivity contribution >= 4 is 95.6 Å².